The number of carbonyl (C=O) groups is 1. The molecule has 19 heavy (non-hydrogen) atoms. The quantitative estimate of drug-likeness (QED) is 0.571. The van der Waals surface area contributed by atoms with E-state index in [-0.39, 0.29) is 12.2 Å². The highest BCUT2D eigenvalue weighted by Gasteiger charge is 2.15. The van der Waals surface area contributed by atoms with Crippen LogP contribution in [0.25, 0.3) is 0 Å². The van der Waals surface area contributed by atoms with Crippen molar-refractivity contribution in [2.45, 2.75) is 26.4 Å². The maximum atomic E-state index is 11.5. The number of nitro benzene ring substituents is 1. The predicted octanol–water partition coefficient (Wildman–Crippen LogP) is 1.80. The summed E-state index contributed by atoms with van der Waals surface area (Å²) in [7, 11) is 0. The van der Waals surface area contributed by atoms with Gasteiger partial charge in [-0.05, 0) is 32.9 Å². The molecule has 0 bridgehead atoms. The normalized spacial score (nSPS) is 10.9. The van der Waals surface area contributed by atoms with Crippen molar-refractivity contribution in [1.82, 2.24) is 5.32 Å². The zero-order chi connectivity index (χ0) is 14.6. The van der Waals surface area contributed by atoms with Crippen LogP contribution in [0.1, 0.15) is 19.4 Å². The molecule has 0 heterocycles. The second-order valence-corrected chi connectivity index (χ2v) is 4.88. The standard InChI is InChI=1S/C12H17N3O4/c1-8-6-9(4-5-10(8)15(18)19)14-11(16)13-7-12(2,3)17/h4-6,17H,7H2,1-3H3,(H2,13,14,16). The van der Waals surface area contributed by atoms with Gasteiger partial charge in [-0.2, -0.15) is 0 Å². The number of amides is 2. The Morgan fingerprint density at radius 2 is 2.11 bits per heavy atom. The molecule has 2 amide bonds. The van der Waals surface area contributed by atoms with Crippen LogP contribution in [0.15, 0.2) is 18.2 Å². The number of hydrogen-bond donors (Lipinski definition) is 3. The predicted molar refractivity (Wildman–Crippen MR) is 71.2 cm³/mol. The third-order valence-electron chi connectivity index (χ3n) is 2.33. The van der Waals surface area contributed by atoms with Crippen molar-refractivity contribution in [3.63, 3.8) is 0 Å². The lowest BCUT2D eigenvalue weighted by Gasteiger charge is -2.17. The fraction of sp³-hybridized carbons (Fsp3) is 0.417. The van der Waals surface area contributed by atoms with Crippen LogP contribution < -0.4 is 10.6 Å². The van der Waals surface area contributed by atoms with Gasteiger partial charge in [0.05, 0.1) is 10.5 Å². The van der Waals surface area contributed by atoms with Crippen molar-refractivity contribution in [3.8, 4) is 0 Å². The molecule has 3 N–H and O–H groups in total. The van der Waals surface area contributed by atoms with Crippen LogP contribution in [0.2, 0.25) is 0 Å². The van der Waals surface area contributed by atoms with Crippen LogP contribution in [0, 0.1) is 17.0 Å². The highest BCUT2D eigenvalue weighted by atomic mass is 16.6. The van der Waals surface area contributed by atoms with Gasteiger partial charge in [-0.1, -0.05) is 0 Å². The Labute approximate surface area is 110 Å². The molecule has 1 aromatic rings. The molecule has 0 saturated heterocycles. The largest absolute Gasteiger partial charge is 0.389 e. The first kappa shape index (κ1) is 14.9. The fourth-order valence-electron chi connectivity index (χ4n) is 1.41. The molecule has 1 aromatic carbocycles. The van der Waals surface area contributed by atoms with Gasteiger partial charge in [0.2, 0.25) is 0 Å². The molecule has 0 aromatic heterocycles. The number of aliphatic hydroxyl groups is 1. The Morgan fingerprint density at radius 3 is 2.58 bits per heavy atom. The monoisotopic (exact) mass is 267 g/mol. The average Bonchev–Trinajstić information content (AvgIpc) is 2.25. The van der Waals surface area contributed by atoms with Crippen molar-refractivity contribution in [2.75, 3.05) is 11.9 Å². The molecule has 1 rings (SSSR count). The number of carbonyl (C=O) groups excluding carboxylic acids is 1. The van der Waals surface area contributed by atoms with E-state index in [1.807, 2.05) is 0 Å². The van der Waals surface area contributed by atoms with E-state index in [0.29, 0.717) is 11.3 Å². The molecular formula is C12H17N3O4. The molecule has 104 valence electrons. The van der Waals surface area contributed by atoms with E-state index >= 15 is 0 Å². The summed E-state index contributed by atoms with van der Waals surface area (Å²) in [5.74, 6) is 0. The Bertz CT molecular complexity index is 494. The third kappa shape index (κ3) is 4.92. The van der Waals surface area contributed by atoms with Gasteiger partial charge in [-0.15, -0.1) is 0 Å². The van der Waals surface area contributed by atoms with Crippen molar-refractivity contribution in [1.29, 1.82) is 0 Å². The summed E-state index contributed by atoms with van der Waals surface area (Å²) in [6, 6.07) is 3.83. The molecule has 0 radical (unpaired) electrons. The minimum Gasteiger partial charge on any atom is -0.389 e. The van der Waals surface area contributed by atoms with Crippen LogP contribution in [0.5, 0.6) is 0 Å². The number of rotatable bonds is 4. The molecule has 0 aliphatic heterocycles. The van der Waals surface area contributed by atoms with E-state index in [2.05, 4.69) is 10.6 Å². The third-order valence-corrected chi connectivity index (χ3v) is 2.33. The summed E-state index contributed by atoms with van der Waals surface area (Å²) in [4.78, 5) is 21.7. The Hall–Kier alpha value is -2.15. The van der Waals surface area contributed by atoms with E-state index < -0.39 is 16.6 Å². The molecule has 7 heteroatoms. The van der Waals surface area contributed by atoms with E-state index in [9.17, 15) is 20.0 Å². The maximum Gasteiger partial charge on any atom is 0.319 e. The van der Waals surface area contributed by atoms with Crippen LogP contribution in [-0.2, 0) is 0 Å². The van der Waals surface area contributed by atoms with E-state index in [1.54, 1.807) is 20.8 Å². The minimum absolute atomic E-state index is 0.00227. The average molecular weight is 267 g/mol. The summed E-state index contributed by atoms with van der Waals surface area (Å²) in [6.07, 6.45) is 0. The van der Waals surface area contributed by atoms with Crippen molar-refractivity contribution in [3.05, 3.63) is 33.9 Å². The van der Waals surface area contributed by atoms with Gasteiger partial charge >= 0.3 is 6.03 Å². The summed E-state index contributed by atoms with van der Waals surface area (Å²) < 4.78 is 0. The molecule has 0 atom stereocenters. The summed E-state index contributed by atoms with van der Waals surface area (Å²) in [5.41, 5.74) is -0.0768. The molecular weight excluding hydrogens is 250 g/mol. The maximum absolute atomic E-state index is 11.5. The van der Waals surface area contributed by atoms with E-state index in [0.717, 1.165) is 0 Å². The lowest BCUT2D eigenvalue weighted by molar-refractivity contribution is -0.385. The number of nitro groups is 1. The summed E-state index contributed by atoms with van der Waals surface area (Å²) >= 11 is 0. The number of urea groups is 1. The van der Waals surface area contributed by atoms with Gasteiger partial charge in [0.15, 0.2) is 0 Å². The molecule has 0 fully saturated rings. The minimum atomic E-state index is -0.997. The van der Waals surface area contributed by atoms with Gasteiger partial charge in [-0.3, -0.25) is 10.1 Å². The summed E-state index contributed by atoms with van der Waals surface area (Å²) in [5, 5.41) is 25.1. The summed E-state index contributed by atoms with van der Waals surface area (Å²) in [6.45, 7) is 4.84. The Balaban J connectivity index is 2.65. The second-order valence-electron chi connectivity index (χ2n) is 4.88. The van der Waals surface area contributed by atoms with Gasteiger partial charge in [0.1, 0.15) is 0 Å². The number of aryl methyl sites for hydroxylation is 1. The molecule has 0 unspecified atom stereocenters. The van der Waals surface area contributed by atoms with E-state index in [4.69, 9.17) is 0 Å². The van der Waals surface area contributed by atoms with Crippen LogP contribution >= 0.6 is 0 Å². The molecule has 0 aliphatic rings. The highest BCUT2D eigenvalue weighted by Crippen LogP contribution is 2.21. The zero-order valence-corrected chi connectivity index (χ0v) is 11.1. The molecule has 0 saturated carbocycles. The second kappa shape index (κ2) is 5.66. The zero-order valence-electron chi connectivity index (χ0n) is 11.1. The topological polar surface area (TPSA) is 104 Å². The first-order chi connectivity index (χ1) is 8.69. The smallest absolute Gasteiger partial charge is 0.319 e. The Kier molecular flexibility index (Phi) is 4.44. The SMILES string of the molecule is Cc1cc(NC(=O)NCC(C)(C)O)ccc1[N+](=O)[O-]. The van der Waals surface area contributed by atoms with Crippen molar-refractivity contribution >= 4 is 17.4 Å². The van der Waals surface area contributed by atoms with Crippen molar-refractivity contribution in [2.24, 2.45) is 0 Å². The van der Waals surface area contributed by atoms with Gasteiger partial charge < -0.3 is 15.7 Å². The first-order valence-corrected chi connectivity index (χ1v) is 5.71. The number of nitrogens with one attached hydrogen (secondary N) is 2. The van der Waals surface area contributed by atoms with E-state index in [1.165, 1.54) is 18.2 Å². The van der Waals surface area contributed by atoms with Gasteiger partial charge in [0, 0.05) is 23.9 Å². The van der Waals surface area contributed by atoms with Crippen LogP contribution in [-0.4, -0.2) is 28.2 Å². The lowest BCUT2D eigenvalue weighted by Crippen LogP contribution is -2.40. The number of hydrogen-bond acceptors (Lipinski definition) is 4. The number of benzene rings is 1. The van der Waals surface area contributed by atoms with Crippen LogP contribution in [0.3, 0.4) is 0 Å². The fourth-order valence-corrected chi connectivity index (χ4v) is 1.41. The highest BCUT2D eigenvalue weighted by molar-refractivity contribution is 5.89. The van der Waals surface area contributed by atoms with Gasteiger partial charge in [-0.25, -0.2) is 4.79 Å². The first-order valence-electron chi connectivity index (χ1n) is 5.71. The number of nitrogens with zero attached hydrogens (tertiary/aromatic N) is 1. The van der Waals surface area contributed by atoms with Crippen molar-refractivity contribution < 1.29 is 14.8 Å². The Morgan fingerprint density at radius 1 is 1.47 bits per heavy atom. The van der Waals surface area contributed by atoms with Crippen LogP contribution in [0.4, 0.5) is 16.2 Å². The molecule has 0 spiro atoms. The molecule has 7 nitrogen and oxygen atoms in total. The molecule has 0 aliphatic carbocycles. The lowest BCUT2D eigenvalue weighted by atomic mass is 10.1. The van der Waals surface area contributed by atoms with Gasteiger partial charge in [0.25, 0.3) is 5.69 Å². The number of anilines is 1.